The number of hydrogen-bond donors (Lipinski definition) is 1. The van der Waals surface area contributed by atoms with Crippen LogP contribution in [0.2, 0.25) is 0 Å². The number of carbonyl (C=O) groups excluding carboxylic acids is 1. The molecule has 1 aliphatic rings. The fourth-order valence-corrected chi connectivity index (χ4v) is 3.70. The number of nitrogens with zero attached hydrogens (tertiary/aromatic N) is 1. The lowest BCUT2D eigenvalue weighted by Gasteiger charge is -2.31. The summed E-state index contributed by atoms with van der Waals surface area (Å²) >= 11 is 0. The predicted octanol–water partition coefficient (Wildman–Crippen LogP) is 4.39. The van der Waals surface area contributed by atoms with E-state index in [2.05, 4.69) is 4.98 Å². The number of carbonyl (C=O) groups is 1. The van der Waals surface area contributed by atoms with E-state index in [4.69, 9.17) is 0 Å². The molecule has 1 N–H and O–H groups in total. The second-order valence-corrected chi connectivity index (χ2v) is 7.22. The van der Waals surface area contributed by atoms with Crippen molar-refractivity contribution < 1.29 is 9.18 Å². The maximum atomic E-state index is 13.7. The van der Waals surface area contributed by atoms with Crippen LogP contribution in [0.1, 0.15) is 73.1 Å². The molecule has 0 bridgehead atoms. The Morgan fingerprint density at radius 3 is 2.73 bits per heavy atom. The van der Waals surface area contributed by atoms with Crippen molar-refractivity contribution in [3.8, 4) is 0 Å². The first-order valence-electron chi connectivity index (χ1n) is 9.27. The molecule has 0 saturated carbocycles. The molecule has 26 heavy (non-hydrogen) atoms. The van der Waals surface area contributed by atoms with Crippen molar-refractivity contribution in [3.05, 3.63) is 69.4 Å². The Kier molecular flexibility index (Phi) is 5.55. The SMILES string of the molecule is CC(C)c1[nH]c(=O)ccc1C(=O)N1CCCCCC1c1cccc(F)c1. The summed E-state index contributed by atoms with van der Waals surface area (Å²) in [5.41, 5.74) is 1.81. The number of benzene rings is 1. The zero-order valence-corrected chi connectivity index (χ0v) is 15.3. The Morgan fingerprint density at radius 1 is 1.19 bits per heavy atom. The minimum Gasteiger partial charge on any atom is -0.332 e. The summed E-state index contributed by atoms with van der Waals surface area (Å²) in [4.78, 5) is 29.7. The Bertz CT molecular complexity index is 844. The van der Waals surface area contributed by atoms with Gasteiger partial charge in [-0.05, 0) is 42.5 Å². The number of pyridine rings is 1. The molecule has 2 heterocycles. The lowest BCUT2D eigenvalue weighted by molar-refractivity contribution is 0.0678. The van der Waals surface area contributed by atoms with Crippen molar-refractivity contribution >= 4 is 5.91 Å². The molecule has 0 aliphatic carbocycles. The summed E-state index contributed by atoms with van der Waals surface area (Å²) in [7, 11) is 0. The van der Waals surface area contributed by atoms with Crippen molar-refractivity contribution in [3.63, 3.8) is 0 Å². The van der Waals surface area contributed by atoms with E-state index in [1.807, 2.05) is 24.8 Å². The molecule has 0 radical (unpaired) electrons. The number of halogens is 1. The van der Waals surface area contributed by atoms with Crippen molar-refractivity contribution in [1.29, 1.82) is 0 Å². The standard InChI is InChI=1S/C21H25FN2O2/c1-14(2)20-17(10-11-19(25)23-20)21(26)24-12-5-3-4-9-18(24)15-7-6-8-16(22)13-15/h6-8,10-11,13-14,18H,3-5,9,12H2,1-2H3,(H,23,25). The first-order valence-corrected chi connectivity index (χ1v) is 9.27. The first kappa shape index (κ1) is 18.4. The molecule has 1 amide bonds. The van der Waals surface area contributed by atoms with Crippen molar-refractivity contribution in [2.75, 3.05) is 6.54 Å². The van der Waals surface area contributed by atoms with Crippen molar-refractivity contribution in [2.24, 2.45) is 0 Å². The highest BCUT2D eigenvalue weighted by atomic mass is 19.1. The predicted molar refractivity (Wildman–Crippen MR) is 99.8 cm³/mol. The molecule has 138 valence electrons. The van der Waals surface area contributed by atoms with E-state index in [9.17, 15) is 14.0 Å². The van der Waals surface area contributed by atoms with Crippen LogP contribution in [0.25, 0.3) is 0 Å². The highest BCUT2D eigenvalue weighted by molar-refractivity contribution is 5.95. The van der Waals surface area contributed by atoms with E-state index in [1.54, 1.807) is 12.1 Å². The molecule has 1 aromatic carbocycles. The Labute approximate surface area is 153 Å². The summed E-state index contributed by atoms with van der Waals surface area (Å²) in [6, 6.07) is 9.39. The van der Waals surface area contributed by atoms with Crippen molar-refractivity contribution in [2.45, 2.75) is 51.5 Å². The lowest BCUT2D eigenvalue weighted by Crippen LogP contribution is -2.36. The maximum Gasteiger partial charge on any atom is 0.256 e. The zero-order valence-electron chi connectivity index (χ0n) is 15.3. The van der Waals surface area contributed by atoms with E-state index >= 15 is 0 Å². The molecule has 2 aromatic rings. The first-order chi connectivity index (χ1) is 12.5. The summed E-state index contributed by atoms with van der Waals surface area (Å²) in [6.45, 7) is 4.54. The molecule has 1 fully saturated rings. The minimum absolute atomic E-state index is 0.0300. The third-order valence-corrected chi connectivity index (χ3v) is 5.00. The Morgan fingerprint density at radius 2 is 2.00 bits per heavy atom. The Hall–Kier alpha value is -2.43. The summed E-state index contributed by atoms with van der Waals surface area (Å²) < 4.78 is 13.7. The van der Waals surface area contributed by atoms with Crippen molar-refractivity contribution in [1.82, 2.24) is 9.88 Å². The molecule has 1 unspecified atom stereocenters. The topological polar surface area (TPSA) is 53.2 Å². The van der Waals surface area contributed by atoms with E-state index in [0.717, 1.165) is 31.2 Å². The van der Waals surface area contributed by atoms with Gasteiger partial charge in [0.25, 0.3) is 5.91 Å². The second-order valence-electron chi connectivity index (χ2n) is 7.22. The normalized spacial score (nSPS) is 18.0. The fourth-order valence-electron chi connectivity index (χ4n) is 3.70. The molecule has 4 nitrogen and oxygen atoms in total. The van der Waals surface area contributed by atoms with E-state index < -0.39 is 0 Å². The number of hydrogen-bond acceptors (Lipinski definition) is 2. The summed E-state index contributed by atoms with van der Waals surface area (Å²) in [5.74, 6) is -0.352. The number of rotatable bonds is 3. The number of likely N-dealkylation sites (tertiary alicyclic amines) is 1. The van der Waals surface area contributed by atoms with Gasteiger partial charge in [0, 0.05) is 18.3 Å². The molecular formula is C21H25FN2O2. The molecule has 5 heteroatoms. The molecule has 1 atom stereocenters. The average Bonchev–Trinajstić information content (AvgIpc) is 2.87. The van der Waals surface area contributed by atoms with Crippen LogP contribution in [0.4, 0.5) is 4.39 Å². The molecule has 1 aliphatic heterocycles. The maximum absolute atomic E-state index is 13.7. The van der Waals surface area contributed by atoms with E-state index in [-0.39, 0.29) is 29.2 Å². The van der Waals surface area contributed by atoms with Gasteiger partial charge in [0.1, 0.15) is 5.82 Å². The highest BCUT2D eigenvalue weighted by Gasteiger charge is 2.29. The van der Waals surface area contributed by atoms with Gasteiger partial charge in [0.15, 0.2) is 0 Å². The zero-order chi connectivity index (χ0) is 18.7. The quantitative estimate of drug-likeness (QED) is 0.886. The summed E-state index contributed by atoms with van der Waals surface area (Å²) in [5, 5.41) is 0. The van der Waals surface area contributed by atoms with Crippen LogP contribution in [0.3, 0.4) is 0 Å². The van der Waals surface area contributed by atoms with Crippen LogP contribution >= 0.6 is 0 Å². The molecular weight excluding hydrogens is 331 g/mol. The third kappa shape index (κ3) is 3.87. The monoisotopic (exact) mass is 356 g/mol. The van der Waals surface area contributed by atoms with Gasteiger partial charge in [-0.1, -0.05) is 38.8 Å². The van der Waals surface area contributed by atoms with Gasteiger partial charge in [-0.25, -0.2) is 4.39 Å². The second kappa shape index (κ2) is 7.85. The van der Waals surface area contributed by atoms with Gasteiger partial charge in [-0.3, -0.25) is 9.59 Å². The largest absolute Gasteiger partial charge is 0.332 e. The van der Waals surface area contributed by atoms with Crippen LogP contribution in [0.15, 0.2) is 41.2 Å². The molecule has 3 rings (SSSR count). The van der Waals surface area contributed by atoms with E-state index in [0.29, 0.717) is 17.8 Å². The van der Waals surface area contributed by atoms with Crippen LogP contribution in [-0.4, -0.2) is 22.3 Å². The lowest BCUT2D eigenvalue weighted by atomic mass is 9.98. The number of nitrogens with one attached hydrogen (secondary N) is 1. The van der Waals surface area contributed by atoms with Gasteiger partial charge < -0.3 is 9.88 Å². The van der Waals surface area contributed by atoms with Crippen LogP contribution in [0.5, 0.6) is 0 Å². The fraction of sp³-hybridized carbons (Fsp3) is 0.429. The number of aromatic nitrogens is 1. The van der Waals surface area contributed by atoms with Gasteiger partial charge >= 0.3 is 0 Å². The smallest absolute Gasteiger partial charge is 0.256 e. The van der Waals surface area contributed by atoms with Crippen LogP contribution < -0.4 is 5.56 Å². The molecule has 1 aromatic heterocycles. The van der Waals surface area contributed by atoms with Gasteiger partial charge in [-0.2, -0.15) is 0 Å². The number of aromatic amines is 1. The Balaban J connectivity index is 2.01. The van der Waals surface area contributed by atoms with Gasteiger partial charge in [0.2, 0.25) is 5.56 Å². The van der Waals surface area contributed by atoms with Crippen LogP contribution in [-0.2, 0) is 0 Å². The minimum atomic E-state index is -0.286. The summed E-state index contributed by atoms with van der Waals surface area (Å²) in [6.07, 6.45) is 3.80. The van der Waals surface area contributed by atoms with Gasteiger partial charge in [0.05, 0.1) is 11.6 Å². The number of H-pyrrole nitrogens is 1. The van der Waals surface area contributed by atoms with E-state index in [1.165, 1.54) is 18.2 Å². The molecule has 1 saturated heterocycles. The highest BCUT2D eigenvalue weighted by Crippen LogP contribution is 2.32. The average molecular weight is 356 g/mol. The van der Waals surface area contributed by atoms with Crippen LogP contribution in [0, 0.1) is 5.82 Å². The van der Waals surface area contributed by atoms with Gasteiger partial charge in [-0.15, -0.1) is 0 Å². The number of amides is 1. The third-order valence-electron chi connectivity index (χ3n) is 5.00. The molecule has 0 spiro atoms.